The number of nitrogens with zero attached hydrogens (tertiary/aromatic N) is 3. The van der Waals surface area contributed by atoms with Crippen LogP contribution in [-0.2, 0) is 19.4 Å². The lowest BCUT2D eigenvalue weighted by Gasteiger charge is -2.14. The van der Waals surface area contributed by atoms with Crippen molar-refractivity contribution in [2.75, 3.05) is 0 Å². The number of imidazole rings is 1. The lowest BCUT2D eigenvalue weighted by molar-refractivity contribution is -0.606. The fraction of sp³-hybridized carbons (Fsp3) is 0.129. The maximum atomic E-state index is 2.47. The SMILES string of the molecule is CCn1c2ccccc2c2cc(-n3c(-c4ccccc4)c[n+]4c3CCc3ccccc3-4)ccc21. The molecule has 7 rings (SSSR count). The third kappa shape index (κ3) is 2.73. The van der Waals surface area contributed by atoms with Gasteiger partial charge in [0.25, 0.3) is 5.82 Å². The van der Waals surface area contributed by atoms with Gasteiger partial charge in [0.15, 0.2) is 5.69 Å². The van der Waals surface area contributed by atoms with E-state index < -0.39 is 0 Å². The molecule has 3 heteroatoms. The molecule has 164 valence electrons. The first-order valence-corrected chi connectivity index (χ1v) is 12.1. The largest absolute Gasteiger partial charge is 0.341 e. The van der Waals surface area contributed by atoms with Gasteiger partial charge in [-0.05, 0) is 49.2 Å². The van der Waals surface area contributed by atoms with Crippen LogP contribution in [0.2, 0.25) is 0 Å². The van der Waals surface area contributed by atoms with Gasteiger partial charge in [0.2, 0.25) is 0 Å². The number of hydrogen-bond acceptors (Lipinski definition) is 0. The van der Waals surface area contributed by atoms with Crippen molar-refractivity contribution in [1.82, 2.24) is 9.13 Å². The first-order chi connectivity index (χ1) is 16.8. The van der Waals surface area contributed by atoms with Gasteiger partial charge in [-0.3, -0.25) is 0 Å². The Morgan fingerprint density at radius 3 is 2.38 bits per heavy atom. The molecule has 1 aliphatic rings. The van der Waals surface area contributed by atoms with Crippen LogP contribution in [0.1, 0.15) is 18.3 Å². The predicted molar refractivity (Wildman–Crippen MR) is 139 cm³/mol. The highest BCUT2D eigenvalue weighted by Crippen LogP contribution is 2.34. The third-order valence-corrected chi connectivity index (χ3v) is 7.30. The molecule has 0 saturated heterocycles. The topological polar surface area (TPSA) is 13.7 Å². The van der Waals surface area contributed by atoms with Gasteiger partial charge in [-0.25, -0.2) is 0 Å². The average Bonchev–Trinajstić information content (AvgIpc) is 3.45. The van der Waals surface area contributed by atoms with Gasteiger partial charge < -0.3 is 4.57 Å². The fourth-order valence-corrected chi connectivity index (χ4v) is 5.77. The summed E-state index contributed by atoms with van der Waals surface area (Å²) in [6, 6.07) is 35.3. The van der Waals surface area contributed by atoms with Crippen molar-refractivity contribution in [3.63, 3.8) is 0 Å². The summed E-state index contributed by atoms with van der Waals surface area (Å²) in [7, 11) is 0. The molecule has 6 aromatic rings. The summed E-state index contributed by atoms with van der Waals surface area (Å²) in [6.45, 7) is 3.19. The van der Waals surface area contributed by atoms with Crippen LogP contribution in [0, 0.1) is 0 Å². The van der Waals surface area contributed by atoms with Crippen molar-refractivity contribution in [1.29, 1.82) is 0 Å². The van der Waals surface area contributed by atoms with E-state index >= 15 is 0 Å². The summed E-state index contributed by atoms with van der Waals surface area (Å²) in [5, 5.41) is 2.64. The maximum absolute atomic E-state index is 2.47. The number of fused-ring (bicyclic) bond motifs is 6. The van der Waals surface area contributed by atoms with Crippen LogP contribution in [0.5, 0.6) is 0 Å². The summed E-state index contributed by atoms with van der Waals surface area (Å²) in [5.41, 5.74) is 9.00. The maximum Gasteiger partial charge on any atom is 0.267 e. The Hall–Kier alpha value is -4.11. The molecule has 0 bridgehead atoms. The van der Waals surface area contributed by atoms with Crippen LogP contribution in [0.3, 0.4) is 0 Å². The van der Waals surface area contributed by atoms with Gasteiger partial charge in [0, 0.05) is 33.9 Å². The Morgan fingerprint density at radius 1 is 0.735 bits per heavy atom. The molecule has 0 fully saturated rings. The second kappa shape index (κ2) is 7.46. The van der Waals surface area contributed by atoms with Crippen LogP contribution < -0.4 is 4.57 Å². The quantitative estimate of drug-likeness (QED) is 0.274. The van der Waals surface area contributed by atoms with Crippen molar-refractivity contribution in [2.24, 2.45) is 0 Å². The minimum Gasteiger partial charge on any atom is -0.341 e. The zero-order valence-corrected chi connectivity index (χ0v) is 19.3. The van der Waals surface area contributed by atoms with Crippen LogP contribution >= 0.6 is 0 Å². The zero-order chi connectivity index (χ0) is 22.6. The minimum atomic E-state index is 0.962. The van der Waals surface area contributed by atoms with E-state index in [2.05, 4.69) is 124 Å². The van der Waals surface area contributed by atoms with Crippen molar-refractivity contribution >= 4 is 21.8 Å². The number of rotatable bonds is 3. The Bertz CT molecular complexity index is 1690. The standard InChI is InChI=1S/C31H26N3/c1-2-32-28-15-9-7-13-25(28)26-20-24(17-18-29(26)32)34-30(22-10-4-3-5-11-22)21-33-27-14-8-6-12-23(27)16-19-31(33)34/h3-15,17-18,20-21H,2,16,19H2,1H3/q+1. The van der Waals surface area contributed by atoms with Crippen molar-refractivity contribution in [2.45, 2.75) is 26.3 Å². The summed E-state index contributed by atoms with van der Waals surface area (Å²) in [4.78, 5) is 0. The van der Waals surface area contributed by atoms with E-state index in [1.54, 1.807) is 0 Å². The molecule has 0 amide bonds. The van der Waals surface area contributed by atoms with E-state index in [1.165, 1.54) is 55.8 Å². The Balaban J connectivity index is 1.54. The van der Waals surface area contributed by atoms with Gasteiger partial charge in [0.1, 0.15) is 17.6 Å². The first kappa shape index (κ1) is 19.4. The second-order valence-corrected chi connectivity index (χ2v) is 9.09. The highest BCUT2D eigenvalue weighted by Gasteiger charge is 2.31. The van der Waals surface area contributed by atoms with Crippen LogP contribution in [-0.4, -0.2) is 9.13 Å². The second-order valence-electron chi connectivity index (χ2n) is 9.09. The van der Waals surface area contributed by atoms with E-state index in [9.17, 15) is 0 Å². The molecule has 0 N–H and O–H groups in total. The van der Waals surface area contributed by atoms with Gasteiger partial charge in [-0.1, -0.05) is 66.7 Å². The van der Waals surface area contributed by atoms with E-state index in [-0.39, 0.29) is 0 Å². The van der Waals surface area contributed by atoms with Gasteiger partial charge >= 0.3 is 0 Å². The highest BCUT2D eigenvalue weighted by molar-refractivity contribution is 6.08. The molecule has 0 aliphatic carbocycles. The summed E-state index contributed by atoms with van der Waals surface area (Å²) in [6.07, 6.45) is 4.40. The minimum absolute atomic E-state index is 0.962. The number of aromatic nitrogens is 3. The zero-order valence-electron chi connectivity index (χ0n) is 19.3. The highest BCUT2D eigenvalue weighted by atomic mass is 15.2. The lowest BCUT2D eigenvalue weighted by atomic mass is 10.0. The fourth-order valence-electron chi connectivity index (χ4n) is 5.77. The molecular formula is C31H26N3+. The van der Waals surface area contributed by atoms with E-state index in [4.69, 9.17) is 0 Å². The molecular weight excluding hydrogens is 414 g/mol. The van der Waals surface area contributed by atoms with E-state index in [0.29, 0.717) is 0 Å². The molecule has 3 nitrogen and oxygen atoms in total. The molecule has 4 aromatic carbocycles. The lowest BCUT2D eigenvalue weighted by Crippen LogP contribution is -2.39. The van der Waals surface area contributed by atoms with Crippen LogP contribution in [0.15, 0.2) is 103 Å². The number of benzene rings is 4. The summed E-state index contributed by atoms with van der Waals surface area (Å²) >= 11 is 0. The normalized spacial score (nSPS) is 12.7. The van der Waals surface area contributed by atoms with Gasteiger partial charge in [-0.15, -0.1) is 0 Å². The summed E-state index contributed by atoms with van der Waals surface area (Å²) in [5.74, 6) is 1.33. The smallest absolute Gasteiger partial charge is 0.267 e. The third-order valence-electron chi connectivity index (χ3n) is 7.30. The molecule has 3 heterocycles. The van der Waals surface area contributed by atoms with Crippen LogP contribution in [0.25, 0.3) is 44.4 Å². The Morgan fingerprint density at radius 2 is 1.50 bits per heavy atom. The number of hydrogen-bond donors (Lipinski definition) is 0. The van der Waals surface area contributed by atoms with Crippen molar-refractivity contribution in [3.05, 3.63) is 115 Å². The van der Waals surface area contributed by atoms with Crippen molar-refractivity contribution in [3.8, 4) is 22.6 Å². The Kier molecular flexibility index (Phi) is 4.25. The summed E-state index contributed by atoms with van der Waals surface area (Å²) < 4.78 is 7.30. The number of aryl methyl sites for hydroxylation is 2. The molecule has 0 saturated carbocycles. The molecule has 0 radical (unpaired) electrons. The Labute approximate surface area is 199 Å². The first-order valence-electron chi connectivity index (χ1n) is 12.1. The number of para-hydroxylation sites is 2. The van der Waals surface area contributed by atoms with Crippen LogP contribution in [0.4, 0.5) is 0 Å². The molecule has 0 atom stereocenters. The average molecular weight is 441 g/mol. The van der Waals surface area contributed by atoms with E-state index in [1.807, 2.05) is 0 Å². The molecule has 0 spiro atoms. The molecule has 2 aromatic heterocycles. The van der Waals surface area contributed by atoms with Gasteiger partial charge in [-0.2, -0.15) is 9.13 Å². The predicted octanol–water partition coefficient (Wildman–Crippen LogP) is 6.65. The monoisotopic (exact) mass is 440 g/mol. The van der Waals surface area contributed by atoms with E-state index in [0.717, 1.165) is 19.4 Å². The van der Waals surface area contributed by atoms with Crippen molar-refractivity contribution < 1.29 is 4.57 Å². The van der Waals surface area contributed by atoms with Gasteiger partial charge in [0.05, 0.1) is 6.42 Å². The molecule has 34 heavy (non-hydrogen) atoms. The molecule has 1 aliphatic heterocycles. The molecule has 0 unspecified atom stereocenters.